The molecule has 2 aromatic rings. The number of benzene rings is 1. The third kappa shape index (κ3) is 2.68. The summed E-state index contributed by atoms with van der Waals surface area (Å²) in [6.45, 7) is -0.0794. The van der Waals surface area contributed by atoms with Crippen LogP contribution in [0.5, 0.6) is 5.75 Å². The fourth-order valence-electron chi connectivity index (χ4n) is 6.56. The first kappa shape index (κ1) is 20.0. The Morgan fingerprint density at radius 3 is 2.47 bits per heavy atom. The van der Waals surface area contributed by atoms with Crippen LogP contribution in [0.25, 0.3) is 0 Å². The van der Waals surface area contributed by atoms with Gasteiger partial charge in [-0.05, 0) is 41.9 Å². The van der Waals surface area contributed by atoms with Crippen LogP contribution in [-0.2, 0) is 14.4 Å². The van der Waals surface area contributed by atoms with Crippen molar-refractivity contribution in [3.8, 4) is 5.75 Å². The van der Waals surface area contributed by atoms with E-state index in [1.807, 2.05) is 12.1 Å². The van der Waals surface area contributed by atoms with Gasteiger partial charge in [-0.15, -0.1) is 11.8 Å². The number of carbonyl (C=O) groups is 3. The van der Waals surface area contributed by atoms with Gasteiger partial charge in [-0.1, -0.05) is 23.5 Å². The minimum absolute atomic E-state index is 0.00191. The van der Waals surface area contributed by atoms with E-state index in [9.17, 15) is 24.3 Å². The normalized spacial score (nSPS) is 34.5. The van der Waals surface area contributed by atoms with Gasteiger partial charge in [-0.25, -0.2) is 0 Å². The molecule has 3 fully saturated rings. The summed E-state index contributed by atoms with van der Waals surface area (Å²) in [7, 11) is 0. The van der Waals surface area contributed by atoms with Gasteiger partial charge in [0.05, 0.1) is 23.3 Å². The van der Waals surface area contributed by atoms with Gasteiger partial charge in [0.25, 0.3) is 0 Å². The maximum atomic E-state index is 13.2. The van der Waals surface area contributed by atoms with Crippen molar-refractivity contribution in [1.82, 2.24) is 9.88 Å². The molecule has 1 aromatic carbocycles. The van der Waals surface area contributed by atoms with Gasteiger partial charge in [-0.2, -0.15) is 0 Å². The molecule has 3 heterocycles. The molecule has 2 amide bonds. The van der Waals surface area contributed by atoms with Crippen LogP contribution >= 0.6 is 23.1 Å². The van der Waals surface area contributed by atoms with Crippen LogP contribution in [0, 0.1) is 29.6 Å². The quantitative estimate of drug-likeness (QED) is 0.582. The highest BCUT2D eigenvalue weighted by molar-refractivity contribution is 8.00. The molecule has 6 rings (SSSR count). The first-order chi connectivity index (χ1) is 15.3. The number of aromatic hydroxyl groups is 1. The zero-order valence-electron chi connectivity index (χ0n) is 16.8. The number of H-pyrrole nitrogens is 1. The number of thiazole rings is 1. The van der Waals surface area contributed by atoms with Crippen molar-refractivity contribution in [2.24, 2.45) is 29.6 Å². The SMILES string of the molecule is O=C(O)CCN1C(=O)[C@@H]2[C@H]3C[C@@H]([C@@H]2C1=O)[C@@H]1[C@@H](c2ccc(O)cc2)c2sc(=O)[nH]c2S[C@@H]31. The number of nitrogens with zero attached hydrogens (tertiary/aromatic N) is 1. The molecule has 10 heteroatoms. The molecule has 166 valence electrons. The van der Waals surface area contributed by atoms with Crippen molar-refractivity contribution >= 4 is 40.9 Å². The molecule has 8 nitrogen and oxygen atoms in total. The number of phenolic OH excluding ortho intramolecular Hbond substituents is 1. The Morgan fingerprint density at radius 2 is 1.78 bits per heavy atom. The number of carboxylic acids is 1. The molecule has 2 aliphatic carbocycles. The molecular weight excluding hydrogens is 452 g/mol. The van der Waals surface area contributed by atoms with E-state index in [0.29, 0.717) is 0 Å². The Balaban J connectivity index is 1.41. The zero-order chi connectivity index (χ0) is 22.3. The molecule has 0 unspecified atom stereocenters. The fraction of sp³-hybridized carbons (Fsp3) is 0.455. The minimum Gasteiger partial charge on any atom is -0.508 e. The highest BCUT2D eigenvalue weighted by Gasteiger charge is 2.69. The number of rotatable bonds is 4. The number of hydrogen-bond donors (Lipinski definition) is 3. The van der Waals surface area contributed by atoms with Crippen LogP contribution in [0.3, 0.4) is 0 Å². The zero-order valence-corrected chi connectivity index (χ0v) is 18.4. The number of nitrogens with one attached hydrogen (secondary N) is 1. The van der Waals surface area contributed by atoms with Crippen molar-refractivity contribution in [3.05, 3.63) is 44.4 Å². The third-order valence-electron chi connectivity index (χ3n) is 7.62. The number of aromatic amines is 1. The maximum Gasteiger partial charge on any atom is 0.305 e. The Kier molecular flexibility index (Phi) is 4.36. The van der Waals surface area contributed by atoms with Crippen LogP contribution in [0.2, 0.25) is 0 Å². The Morgan fingerprint density at radius 1 is 1.09 bits per heavy atom. The first-order valence-corrected chi connectivity index (χ1v) is 12.3. The number of phenols is 1. The molecular formula is C22H20N2O6S2. The topological polar surface area (TPSA) is 128 Å². The summed E-state index contributed by atoms with van der Waals surface area (Å²) in [5, 5.41) is 19.7. The summed E-state index contributed by atoms with van der Waals surface area (Å²) in [6.07, 6.45) is 0.540. The summed E-state index contributed by atoms with van der Waals surface area (Å²) < 4.78 is 0. The molecule has 0 spiro atoms. The minimum atomic E-state index is -1.03. The molecule has 2 aliphatic heterocycles. The van der Waals surface area contributed by atoms with E-state index in [4.69, 9.17) is 5.11 Å². The molecule has 0 radical (unpaired) electrons. The third-order valence-corrected chi connectivity index (χ3v) is 10.2. The number of aromatic nitrogens is 1. The Hall–Kier alpha value is -2.59. The van der Waals surface area contributed by atoms with Gasteiger partial charge in [0.1, 0.15) is 5.75 Å². The number of imide groups is 1. The fourth-order valence-corrected chi connectivity index (χ4v) is 9.45. The van der Waals surface area contributed by atoms with Gasteiger partial charge in [0.2, 0.25) is 11.8 Å². The van der Waals surface area contributed by atoms with Crippen LogP contribution in [0.4, 0.5) is 0 Å². The smallest absolute Gasteiger partial charge is 0.305 e. The number of thioether (sulfide) groups is 1. The van der Waals surface area contributed by atoms with Crippen molar-refractivity contribution in [1.29, 1.82) is 0 Å². The van der Waals surface area contributed by atoms with Crippen molar-refractivity contribution < 1.29 is 24.6 Å². The second-order valence-corrected chi connectivity index (χ2v) is 11.2. The van der Waals surface area contributed by atoms with Crippen LogP contribution < -0.4 is 4.87 Å². The van der Waals surface area contributed by atoms with E-state index in [2.05, 4.69) is 4.98 Å². The van der Waals surface area contributed by atoms with Crippen LogP contribution in [0.1, 0.15) is 29.2 Å². The summed E-state index contributed by atoms with van der Waals surface area (Å²) in [5.74, 6) is -2.15. The van der Waals surface area contributed by atoms with Gasteiger partial charge >= 0.3 is 10.8 Å². The summed E-state index contributed by atoms with van der Waals surface area (Å²) in [6, 6.07) is 7.00. The van der Waals surface area contributed by atoms with E-state index >= 15 is 0 Å². The van der Waals surface area contributed by atoms with E-state index in [0.717, 1.165) is 26.8 Å². The van der Waals surface area contributed by atoms with Gasteiger partial charge in [0, 0.05) is 22.6 Å². The number of fused-ring (bicyclic) bond motifs is 9. The number of amides is 2. The van der Waals surface area contributed by atoms with Crippen LogP contribution in [0.15, 0.2) is 34.1 Å². The summed E-state index contributed by atoms with van der Waals surface area (Å²) in [5.41, 5.74) is 0.984. The van der Waals surface area contributed by atoms with Crippen molar-refractivity contribution in [2.75, 3.05) is 6.54 Å². The predicted octanol–water partition coefficient (Wildman–Crippen LogP) is 2.09. The summed E-state index contributed by atoms with van der Waals surface area (Å²) >= 11 is 2.80. The molecule has 2 saturated carbocycles. The Labute approximate surface area is 190 Å². The van der Waals surface area contributed by atoms with Gasteiger partial charge in [0.15, 0.2) is 0 Å². The van der Waals surface area contributed by atoms with Crippen LogP contribution in [-0.4, -0.2) is 49.7 Å². The summed E-state index contributed by atoms with van der Waals surface area (Å²) in [4.78, 5) is 54.5. The second-order valence-electron chi connectivity index (χ2n) is 9.02. The molecule has 1 aromatic heterocycles. The standard InChI is InChI=1S/C22H20N2O6S2/c25-9-3-1-8(2-4-9)13-14-10-7-11(17(14)31-19-18(13)32-22(30)23-19)16-15(10)20(28)24(21(16)29)6-5-12(26)27/h1-4,10-11,13-17,25H,5-7H2,(H,23,30)(H,26,27)/t10-,11-,13-,14-,15+,16-,17+/m1/s1. The second kappa shape index (κ2) is 6.95. The molecule has 4 aliphatic rings. The lowest BCUT2D eigenvalue weighted by Crippen LogP contribution is -2.42. The van der Waals surface area contributed by atoms with Gasteiger partial charge < -0.3 is 15.2 Å². The average Bonchev–Trinajstić information content (AvgIpc) is 3.47. The van der Waals surface area contributed by atoms with Crippen molar-refractivity contribution in [3.63, 3.8) is 0 Å². The number of aliphatic carboxylic acids is 1. The monoisotopic (exact) mass is 472 g/mol. The van der Waals surface area contributed by atoms with E-state index in [1.54, 1.807) is 23.9 Å². The molecule has 3 N–H and O–H groups in total. The number of carboxylic acid groups (broad SMARTS) is 1. The van der Waals surface area contributed by atoms with Crippen molar-refractivity contribution in [2.45, 2.75) is 29.0 Å². The molecule has 32 heavy (non-hydrogen) atoms. The number of likely N-dealkylation sites (tertiary alicyclic amines) is 1. The predicted molar refractivity (Wildman–Crippen MR) is 116 cm³/mol. The lowest BCUT2D eigenvalue weighted by Gasteiger charge is -2.43. The van der Waals surface area contributed by atoms with E-state index in [1.165, 1.54) is 11.3 Å². The Bertz CT molecular complexity index is 1200. The lowest BCUT2D eigenvalue weighted by molar-refractivity contribution is -0.142. The van der Waals surface area contributed by atoms with E-state index < -0.39 is 17.8 Å². The average molecular weight is 473 g/mol. The molecule has 7 atom stereocenters. The number of carbonyl (C=O) groups excluding carboxylic acids is 2. The largest absolute Gasteiger partial charge is 0.508 e. The highest BCUT2D eigenvalue weighted by atomic mass is 32.2. The molecule has 1 saturated heterocycles. The van der Waals surface area contributed by atoms with Gasteiger partial charge in [-0.3, -0.25) is 24.1 Å². The lowest BCUT2D eigenvalue weighted by atomic mass is 9.68. The maximum absolute atomic E-state index is 13.2. The van der Waals surface area contributed by atoms with E-state index in [-0.39, 0.29) is 64.3 Å². The molecule has 2 bridgehead atoms. The first-order valence-electron chi connectivity index (χ1n) is 10.6. The number of hydrogen-bond acceptors (Lipinski definition) is 7. The highest BCUT2D eigenvalue weighted by Crippen LogP contribution is 2.68.